The highest BCUT2D eigenvalue weighted by Gasteiger charge is 2.21. The highest BCUT2D eigenvalue weighted by atomic mass is 35.5. The minimum absolute atomic E-state index is 0.0985. The second-order valence-corrected chi connectivity index (χ2v) is 3.95. The van der Waals surface area contributed by atoms with E-state index in [0.29, 0.717) is 5.02 Å². The van der Waals surface area contributed by atoms with Gasteiger partial charge in [-0.25, -0.2) is 0 Å². The topological polar surface area (TPSA) is 55.6 Å². The summed E-state index contributed by atoms with van der Waals surface area (Å²) in [4.78, 5) is 8.37. The van der Waals surface area contributed by atoms with Gasteiger partial charge in [0.1, 0.15) is 0 Å². The van der Waals surface area contributed by atoms with E-state index in [1.807, 2.05) is 18.7 Å². The van der Waals surface area contributed by atoms with E-state index in [2.05, 4.69) is 20.4 Å². The minimum atomic E-state index is -0.0985. The molecule has 2 aromatic heterocycles. The Morgan fingerprint density at radius 1 is 1.41 bits per heavy atom. The molecule has 0 spiro atoms. The van der Waals surface area contributed by atoms with Crippen LogP contribution in [0, 0.1) is 0 Å². The van der Waals surface area contributed by atoms with Gasteiger partial charge in [-0.2, -0.15) is 5.10 Å². The lowest BCUT2D eigenvalue weighted by molar-refractivity contribution is 0.555. The molecule has 0 amide bonds. The Labute approximate surface area is 105 Å². The standard InChI is InChI=1S/C11H14ClN5/c1-3-17-11(8(12)6-16-17)10(13-2)9-7-14-4-5-15-9/h4-7,10,13H,3H2,1-2H3. The number of halogens is 1. The van der Waals surface area contributed by atoms with Crippen molar-refractivity contribution in [2.75, 3.05) is 7.05 Å². The molecule has 5 nitrogen and oxygen atoms in total. The molecule has 6 heteroatoms. The molecule has 2 heterocycles. The van der Waals surface area contributed by atoms with E-state index in [9.17, 15) is 0 Å². The first-order valence-corrected chi connectivity index (χ1v) is 5.80. The second-order valence-electron chi connectivity index (χ2n) is 3.55. The molecule has 0 radical (unpaired) electrons. The summed E-state index contributed by atoms with van der Waals surface area (Å²) in [6.07, 6.45) is 6.70. The van der Waals surface area contributed by atoms with Gasteiger partial charge in [0.15, 0.2) is 0 Å². The van der Waals surface area contributed by atoms with Crippen molar-refractivity contribution >= 4 is 11.6 Å². The van der Waals surface area contributed by atoms with Gasteiger partial charge in [-0.05, 0) is 14.0 Å². The lowest BCUT2D eigenvalue weighted by atomic mass is 10.1. The maximum Gasteiger partial charge on any atom is 0.0950 e. The summed E-state index contributed by atoms with van der Waals surface area (Å²) in [7, 11) is 1.86. The van der Waals surface area contributed by atoms with Crippen molar-refractivity contribution in [1.29, 1.82) is 0 Å². The molecule has 17 heavy (non-hydrogen) atoms. The van der Waals surface area contributed by atoms with Crippen molar-refractivity contribution in [1.82, 2.24) is 25.1 Å². The molecular weight excluding hydrogens is 238 g/mol. The monoisotopic (exact) mass is 251 g/mol. The van der Waals surface area contributed by atoms with Crippen molar-refractivity contribution in [3.63, 3.8) is 0 Å². The zero-order valence-corrected chi connectivity index (χ0v) is 10.5. The van der Waals surface area contributed by atoms with Crippen molar-refractivity contribution in [3.05, 3.63) is 41.2 Å². The van der Waals surface area contributed by atoms with E-state index in [0.717, 1.165) is 17.9 Å². The fourth-order valence-electron chi connectivity index (χ4n) is 1.80. The largest absolute Gasteiger partial charge is 0.307 e. The first kappa shape index (κ1) is 12.0. The number of aromatic nitrogens is 4. The summed E-state index contributed by atoms with van der Waals surface area (Å²) >= 11 is 6.18. The molecule has 0 saturated carbocycles. The first-order chi connectivity index (χ1) is 8.27. The predicted molar refractivity (Wildman–Crippen MR) is 65.8 cm³/mol. The number of aryl methyl sites for hydroxylation is 1. The summed E-state index contributed by atoms with van der Waals surface area (Å²) in [5, 5.41) is 8.05. The molecule has 0 fully saturated rings. The SMILES string of the molecule is CCn1ncc(Cl)c1C(NC)c1cnccn1. The Kier molecular flexibility index (Phi) is 3.71. The van der Waals surface area contributed by atoms with E-state index < -0.39 is 0 Å². The molecule has 0 aliphatic heterocycles. The van der Waals surface area contributed by atoms with Crippen LogP contribution >= 0.6 is 11.6 Å². The van der Waals surface area contributed by atoms with Crippen LogP contribution in [0.15, 0.2) is 24.8 Å². The van der Waals surface area contributed by atoms with Crippen LogP contribution in [0.4, 0.5) is 0 Å². The van der Waals surface area contributed by atoms with Crippen molar-refractivity contribution < 1.29 is 0 Å². The number of rotatable bonds is 4. The fourth-order valence-corrected chi connectivity index (χ4v) is 2.05. The van der Waals surface area contributed by atoms with Crippen LogP contribution in [0.25, 0.3) is 0 Å². The van der Waals surface area contributed by atoms with Crippen LogP contribution in [-0.2, 0) is 6.54 Å². The van der Waals surface area contributed by atoms with E-state index in [1.165, 1.54) is 0 Å². The number of hydrogen-bond acceptors (Lipinski definition) is 4. The van der Waals surface area contributed by atoms with Gasteiger partial charge >= 0.3 is 0 Å². The highest BCUT2D eigenvalue weighted by Crippen LogP contribution is 2.26. The third kappa shape index (κ3) is 2.30. The maximum atomic E-state index is 6.18. The fraction of sp³-hybridized carbons (Fsp3) is 0.364. The number of nitrogens with zero attached hydrogens (tertiary/aromatic N) is 4. The maximum absolute atomic E-state index is 6.18. The quantitative estimate of drug-likeness (QED) is 0.898. The second kappa shape index (κ2) is 5.25. The average Bonchev–Trinajstić information content (AvgIpc) is 2.74. The van der Waals surface area contributed by atoms with Crippen molar-refractivity contribution in [2.24, 2.45) is 0 Å². The van der Waals surface area contributed by atoms with Gasteiger partial charge in [0, 0.05) is 18.9 Å². The summed E-state index contributed by atoms with van der Waals surface area (Å²) in [5.41, 5.74) is 1.74. The van der Waals surface area contributed by atoms with Gasteiger partial charge in [0.25, 0.3) is 0 Å². The highest BCUT2D eigenvalue weighted by molar-refractivity contribution is 6.31. The molecule has 2 aromatic rings. The van der Waals surface area contributed by atoms with Gasteiger partial charge in [0.05, 0.1) is 34.8 Å². The lowest BCUT2D eigenvalue weighted by Gasteiger charge is -2.17. The molecular formula is C11H14ClN5. The summed E-state index contributed by atoms with van der Waals surface area (Å²) < 4.78 is 1.86. The Balaban J connectivity index is 2.45. The smallest absolute Gasteiger partial charge is 0.0950 e. The van der Waals surface area contributed by atoms with E-state index in [1.54, 1.807) is 24.8 Å². The first-order valence-electron chi connectivity index (χ1n) is 5.42. The average molecular weight is 252 g/mol. The minimum Gasteiger partial charge on any atom is -0.307 e. The summed E-state index contributed by atoms with van der Waals surface area (Å²) in [5.74, 6) is 0. The molecule has 0 aromatic carbocycles. The van der Waals surface area contributed by atoms with E-state index in [4.69, 9.17) is 11.6 Å². The zero-order chi connectivity index (χ0) is 12.3. The van der Waals surface area contributed by atoms with Crippen LogP contribution in [0.2, 0.25) is 5.02 Å². The van der Waals surface area contributed by atoms with Gasteiger partial charge in [-0.3, -0.25) is 14.6 Å². The molecule has 0 saturated heterocycles. The third-order valence-electron chi connectivity index (χ3n) is 2.57. The Bertz CT molecular complexity index is 482. The van der Waals surface area contributed by atoms with E-state index in [-0.39, 0.29) is 6.04 Å². The zero-order valence-electron chi connectivity index (χ0n) is 9.76. The van der Waals surface area contributed by atoms with Crippen LogP contribution < -0.4 is 5.32 Å². The van der Waals surface area contributed by atoms with Crippen LogP contribution in [0.1, 0.15) is 24.4 Å². The molecule has 90 valence electrons. The summed E-state index contributed by atoms with van der Waals surface area (Å²) in [6.45, 7) is 2.79. The van der Waals surface area contributed by atoms with Crippen LogP contribution in [0.3, 0.4) is 0 Å². The number of nitrogens with one attached hydrogen (secondary N) is 1. The van der Waals surface area contributed by atoms with Gasteiger partial charge < -0.3 is 5.32 Å². The van der Waals surface area contributed by atoms with Crippen LogP contribution in [-0.4, -0.2) is 26.8 Å². The van der Waals surface area contributed by atoms with Crippen molar-refractivity contribution in [2.45, 2.75) is 19.5 Å². The molecule has 1 atom stereocenters. The molecule has 1 unspecified atom stereocenters. The van der Waals surface area contributed by atoms with E-state index >= 15 is 0 Å². The lowest BCUT2D eigenvalue weighted by Crippen LogP contribution is -2.22. The summed E-state index contributed by atoms with van der Waals surface area (Å²) in [6, 6.07) is -0.0985. The Morgan fingerprint density at radius 2 is 2.24 bits per heavy atom. The molecule has 1 N–H and O–H groups in total. The molecule has 0 aliphatic rings. The third-order valence-corrected chi connectivity index (χ3v) is 2.87. The van der Waals surface area contributed by atoms with Crippen molar-refractivity contribution in [3.8, 4) is 0 Å². The molecule has 2 rings (SSSR count). The van der Waals surface area contributed by atoms with Gasteiger partial charge in [-0.1, -0.05) is 11.6 Å². The van der Waals surface area contributed by atoms with Gasteiger partial charge in [0.2, 0.25) is 0 Å². The van der Waals surface area contributed by atoms with Crippen LogP contribution in [0.5, 0.6) is 0 Å². The molecule has 0 bridgehead atoms. The Morgan fingerprint density at radius 3 is 2.82 bits per heavy atom. The predicted octanol–water partition coefficient (Wildman–Crippen LogP) is 1.66. The Hall–Kier alpha value is -1.46. The molecule has 0 aliphatic carbocycles. The normalized spacial score (nSPS) is 12.6. The number of hydrogen-bond donors (Lipinski definition) is 1. The van der Waals surface area contributed by atoms with Gasteiger partial charge in [-0.15, -0.1) is 0 Å².